The molecule has 4 rings (SSSR count). The maximum atomic E-state index is 13.7. The first kappa shape index (κ1) is 20.2. The number of benzene rings is 2. The van der Waals surface area contributed by atoms with Crippen LogP contribution in [0.25, 0.3) is 0 Å². The number of hydrogen-bond donors (Lipinski definition) is 1. The molecule has 0 spiro atoms. The summed E-state index contributed by atoms with van der Waals surface area (Å²) in [7, 11) is 0. The lowest BCUT2D eigenvalue weighted by Crippen LogP contribution is -2.70. The first-order chi connectivity index (χ1) is 14.4. The van der Waals surface area contributed by atoms with Crippen molar-refractivity contribution in [1.29, 1.82) is 0 Å². The van der Waals surface area contributed by atoms with Crippen LogP contribution >= 0.6 is 11.6 Å². The smallest absolute Gasteiger partial charge is 0.267 e. The Morgan fingerprint density at radius 1 is 1.23 bits per heavy atom. The van der Waals surface area contributed by atoms with Gasteiger partial charge < -0.3 is 10.2 Å². The van der Waals surface area contributed by atoms with E-state index in [1.54, 1.807) is 36.4 Å². The summed E-state index contributed by atoms with van der Waals surface area (Å²) < 4.78 is 0. The summed E-state index contributed by atoms with van der Waals surface area (Å²) in [6.45, 7) is 5.71. The number of rotatable bonds is 5. The molecule has 0 unspecified atom stereocenters. The second-order valence-corrected chi connectivity index (χ2v) is 7.89. The molecule has 6 nitrogen and oxygen atoms in total. The number of nitrogens with zero attached hydrogens (tertiary/aromatic N) is 2. The molecule has 0 aliphatic carbocycles. The number of amides is 3. The molecular formula is C23H22ClN3O3. The van der Waals surface area contributed by atoms with Gasteiger partial charge in [-0.05, 0) is 30.7 Å². The van der Waals surface area contributed by atoms with Crippen molar-refractivity contribution < 1.29 is 14.4 Å². The largest absolute Gasteiger partial charge is 0.346 e. The van der Waals surface area contributed by atoms with Crippen LogP contribution < -0.4 is 10.2 Å². The number of hydrogen-bond acceptors (Lipinski definition) is 3. The maximum Gasteiger partial charge on any atom is 0.267 e. The molecule has 3 amide bonds. The first-order valence-corrected chi connectivity index (χ1v) is 10.2. The van der Waals surface area contributed by atoms with Crippen molar-refractivity contribution in [3.63, 3.8) is 0 Å². The van der Waals surface area contributed by atoms with E-state index in [4.69, 9.17) is 11.6 Å². The molecule has 7 heteroatoms. The van der Waals surface area contributed by atoms with Gasteiger partial charge in [0.05, 0.1) is 17.3 Å². The predicted molar refractivity (Wildman–Crippen MR) is 115 cm³/mol. The number of halogens is 1. The van der Waals surface area contributed by atoms with Crippen LogP contribution in [0.2, 0.25) is 5.02 Å². The fourth-order valence-electron chi connectivity index (χ4n) is 4.38. The number of para-hydroxylation sites is 1. The van der Waals surface area contributed by atoms with Crippen LogP contribution in [0.5, 0.6) is 0 Å². The highest BCUT2D eigenvalue weighted by Crippen LogP contribution is 2.44. The van der Waals surface area contributed by atoms with Crippen LogP contribution in [-0.2, 0) is 9.59 Å². The topological polar surface area (TPSA) is 69.7 Å². The van der Waals surface area contributed by atoms with E-state index < -0.39 is 17.6 Å². The van der Waals surface area contributed by atoms with Crippen LogP contribution in [0, 0.1) is 0 Å². The maximum absolute atomic E-state index is 13.7. The van der Waals surface area contributed by atoms with Crippen molar-refractivity contribution >= 4 is 35.0 Å². The van der Waals surface area contributed by atoms with Crippen molar-refractivity contribution in [2.24, 2.45) is 0 Å². The van der Waals surface area contributed by atoms with Crippen LogP contribution in [0.1, 0.15) is 41.7 Å². The molecule has 0 bridgehead atoms. The molecule has 30 heavy (non-hydrogen) atoms. The van der Waals surface area contributed by atoms with Crippen molar-refractivity contribution in [3.05, 3.63) is 77.3 Å². The van der Waals surface area contributed by atoms with Gasteiger partial charge in [0, 0.05) is 24.4 Å². The molecule has 2 heterocycles. The Hall–Kier alpha value is -3.12. The Bertz CT molecular complexity index is 1050. The van der Waals surface area contributed by atoms with Gasteiger partial charge in [-0.3, -0.25) is 19.3 Å². The molecule has 2 aliphatic heterocycles. The van der Waals surface area contributed by atoms with E-state index in [9.17, 15) is 14.4 Å². The Morgan fingerprint density at radius 2 is 1.93 bits per heavy atom. The average molecular weight is 424 g/mol. The molecule has 2 aromatic carbocycles. The van der Waals surface area contributed by atoms with Crippen molar-refractivity contribution in [1.82, 2.24) is 10.2 Å². The van der Waals surface area contributed by atoms with Gasteiger partial charge in [0.2, 0.25) is 11.6 Å². The SMILES string of the molecule is C=CCN1C(=O)c2ccccc2N2C(=O)CC[C@]12C(=O)N[C@@H](C)c1ccccc1Cl. The summed E-state index contributed by atoms with van der Waals surface area (Å²) in [5.74, 6) is -0.896. The molecule has 2 aromatic rings. The normalized spacial score (nSPS) is 21.1. The molecular weight excluding hydrogens is 402 g/mol. The Morgan fingerprint density at radius 3 is 2.67 bits per heavy atom. The first-order valence-electron chi connectivity index (χ1n) is 9.82. The molecule has 0 radical (unpaired) electrons. The Balaban J connectivity index is 1.79. The summed E-state index contributed by atoms with van der Waals surface area (Å²) in [4.78, 5) is 42.8. The van der Waals surface area contributed by atoms with E-state index in [0.29, 0.717) is 16.3 Å². The van der Waals surface area contributed by atoms with E-state index in [2.05, 4.69) is 11.9 Å². The van der Waals surface area contributed by atoms with E-state index in [1.807, 2.05) is 25.1 Å². The van der Waals surface area contributed by atoms with Gasteiger partial charge in [0.25, 0.3) is 11.8 Å². The minimum Gasteiger partial charge on any atom is -0.346 e. The summed E-state index contributed by atoms with van der Waals surface area (Å²) >= 11 is 6.30. The van der Waals surface area contributed by atoms with Crippen molar-refractivity contribution in [2.75, 3.05) is 11.4 Å². The molecule has 2 atom stereocenters. The van der Waals surface area contributed by atoms with Crippen molar-refractivity contribution in [3.8, 4) is 0 Å². The molecule has 1 fully saturated rings. The molecule has 2 aliphatic rings. The van der Waals surface area contributed by atoms with Gasteiger partial charge in [-0.2, -0.15) is 0 Å². The van der Waals surface area contributed by atoms with E-state index in [1.165, 1.54) is 9.80 Å². The third kappa shape index (κ3) is 2.91. The predicted octanol–water partition coefficient (Wildman–Crippen LogP) is 3.68. The zero-order chi connectivity index (χ0) is 21.5. The fraction of sp³-hybridized carbons (Fsp3) is 0.261. The zero-order valence-corrected chi connectivity index (χ0v) is 17.4. The fourth-order valence-corrected chi connectivity index (χ4v) is 4.68. The molecule has 154 valence electrons. The van der Waals surface area contributed by atoms with Gasteiger partial charge in [-0.15, -0.1) is 6.58 Å². The summed E-state index contributed by atoms with van der Waals surface area (Å²) in [6.07, 6.45) is 1.95. The third-order valence-electron chi connectivity index (χ3n) is 5.77. The highest BCUT2D eigenvalue weighted by Gasteiger charge is 2.60. The molecule has 1 N–H and O–H groups in total. The second kappa shape index (κ2) is 7.61. The summed E-state index contributed by atoms with van der Waals surface area (Å²) in [5, 5.41) is 3.52. The zero-order valence-electron chi connectivity index (χ0n) is 16.6. The number of nitrogens with one attached hydrogen (secondary N) is 1. The van der Waals surface area contributed by atoms with Crippen LogP contribution in [0.4, 0.5) is 5.69 Å². The molecule has 0 aromatic heterocycles. The van der Waals surface area contributed by atoms with Crippen LogP contribution in [0.15, 0.2) is 61.2 Å². The Kier molecular flexibility index (Phi) is 5.12. The highest BCUT2D eigenvalue weighted by atomic mass is 35.5. The van der Waals surface area contributed by atoms with E-state index in [-0.39, 0.29) is 31.2 Å². The van der Waals surface area contributed by atoms with Crippen LogP contribution in [0.3, 0.4) is 0 Å². The lowest BCUT2D eigenvalue weighted by molar-refractivity contribution is -0.134. The lowest BCUT2D eigenvalue weighted by Gasteiger charge is -2.49. The van der Waals surface area contributed by atoms with Gasteiger partial charge >= 0.3 is 0 Å². The summed E-state index contributed by atoms with van der Waals surface area (Å²) in [5.41, 5.74) is 0.187. The van der Waals surface area contributed by atoms with Gasteiger partial charge in [0.1, 0.15) is 0 Å². The van der Waals surface area contributed by atoms with Gasteiger partial charge in [-0.1, -0.05) is 48.0 Å². The Labute approximate surface area is 180 Å². The highest BCUT2D eigenvalue weighted by molar-refractivity contribution is 6.31. The quantitative estimate of drug-likeness (QED) is 0.746. The number of carbonyl (C=O) groups is 3. The van der Waals surface area contributed by atoms with Crippen molar-refractivity contribution in [2.45, 2.75) is 31.5 Å². The van der Waals surface area contributed by atoms with Gasteiger partial charge in [0.15, 0.2) is 0 Å². The number of carbonyl (C=O) groups excluding carboxylic acids is 3. The number of fused-ring (bicyclic) bond motifs is 3. The van der Waals surface area contributed by atoms with E-state index in [0.717, 1.165) is 5.56 Å². The molecule has 0 saturated carbocycles. The van der Waals surface area contributed by atoms with Crippen LogP contribution in [-0.4, -0.2) is 34.8 Å². The lowest BCUT2D eigenvalue weighted by atomic mass is 9.94. The molecule has 1 saturated heterocycles. The standard InChI is InChI=1S/C23H22ClN3O3/c1-3-14-26-21(29)17-9-5-7-11-19(17)27-20(28)12-13-23(26,27)22(30)25-15(2)16-8-4-6-10-18(16)24/h3-11,15H,1,12-14H2,2H3,(H,25,30)/t15-,23-/m0/s1. The second-order valence-electron chi connectivity index (χ2n) is 7.48. The monoisotopic (exact) mass is 423 g/mol. The number of anilines is 1. The third-order valence-corrected chi connectivity index (χ3v) is 6.11. The minimum absolute atomic E-state index is 0.144. The van der Waals surface area contributed by atoms with E-state index >= 15 is 0 Å². The van der Waals surface area contributed by atoms with Gasteiger partial charge in [-0.25, -0.2) is 0 Å². The average Bonchev–Trinajstić information content (AvgIpc) is 3.09. The minimum atomic E-state index is -1.44. The summed E-state index contributed by atoms with van der Waals surface area (Å²) in [6, 6.07) is 13.7.